The van der Waals surface area contributed by atoms with Gasteiger partial charge in [-0.15, -0.1) is 0 Å². The fourth-order valence-corrected chi connectivity index (χ4v) is 2.65. The second kappa shape index (κ2) is 8.75. The number of benzene rings is 2. The molecule has 7 nitrogen and oxygen atoms in total. The Morgan fingerprint density at radius 1 is 1.07 bits per heavy atom. The highest BCUT2D eigenvalue weighted by Gasteiger charge is 2.21. The van der Waals surface area contributed by atoms with Crippen LogP contribution in [0.25, 0.3) is 0 Å². The lowest BCUT2D eigenvalue weighted by Crippen LogP contribution is -2.34. The number of urea groups is 1. The Bertz CT molecular complexity index is 897. The predicted molar refractivity (Wildman–Crippen MR) is 105 cm³/mol. The Balaban J connectivity index is 1.74. The van der Waals surface area contributed by atoms with Gasteiger partial charge in [0, 0.05) is 29.2 Å². The van der Waals surface area contributed by atoms with Crippen LogP contribution in [0.3, 0.4) is 0 Å². The molecule has 0 aliphatic rings. The van der Waals surface area contributed by atoms with E-state index in [0.717, 1.165) is 5.56 Å². The number of hydrogen-bond donors (Lipinski definition) is 3. The summed E-state index contributed by atoms with van der Waals surface area (Å²) in [6.45, 7) is 0. The van der Waals surface area contributed by atoms with Gasteiger partial charge in [0.1, 0.15) is 0 Å². The molecule has 9 heteroatoms. The maximum atomic E-state index is 12.4. The first-order chi connectivity index (χ1) is 13.0. The maximum Gasteiger partial charge on any atom is 0.321 e. The smallest absolute Gasteiger partial charge is 0.321 e. The van der Waals surface area contributed by atoms with Crippen LogP contribution in [0.2, 0.25) is 10.0 Å². The topological polar surface area (TPSA) is 92.1 Å². The van der Waals surface area contributed by atoms with Crippen molar-refractivity contribution in [1.82, 2.24) is 15.5 Å². The van der Waals surface area contributed by atoms with E-state index in [1.807, 2.05) is 12.1 Å². The van der Waals surface area contributed by atoms with Crippen LogP contribution in [-0.2, 0) is 6.42 Å². The van der Waals surface area contributed by atoms with Gasteiger partial charge in [-0.25, -0.2) is 4.79 Å². The third kappa shape index (κ3) is 5.35. The molecule has 1 aromatic heterocycles. The number of nitrogens with zero attached hydrogens (tertiary/aromatic N) is 2. The first-order valence-electron chi connectivity index (χ1n) is 8.12. The summed E-state index contributed by atoms with van der Waals surface area (Å²) in [7, 11) is 1.67. The Labute approximate surface area is 166 Å². The molecule has 0 radical (unpaired) electrons. The van der Waals surface area contributed by atoms with Crippen LogP contribution < -0.4 is 16.0 Å². The number of carbonyl (C=O) groups excluding carboxylic acids is 1. The van der Waals surface area contributed by atoms with Crippen molar-refractivity contribution in [3.8, 4) is 0 Å². The second-order valence-electron chi connectivity index (χ2n) is 5.70. The minimum Gasteiger partial charge on any atom is -0.341 e. The molecule has 0 aliphatic heterocycles. The van der Waals surface area contributed by atoms with Crippen molar-refractivity contribution in [3.05, 3.63) is 70.0 Å². The number of hydrogen-bond acceptors (Lipinski definition) is 5. The molecule has 140 valence electrons. The number of carbonyl (C=O) groups is 1. The normalized spacial score (nSPS) is 11.7. The molecule has 2 aromatic carbocycles. The quantitative estimate of drug-likeness (QED) is 0.560. The van der Waals surface area contributed by atoms with E-state index >= 15 is 0 Å². The molecule has 3 N–H and O–H groups in total. The summed E-state index contributed by atoms with van der Waals surface area (Å²) in [5.41, 5.74) is 1.58. The van der Waals surface area contributed by atoms with Gasteiger partial charge in [0.15, 0.2) is 5.82 Å². The van der Waals surface area contributed by atoms with Crippen LogP contribution in [-0.4, -0.2) is 23.2 Å². The third-order valence-electron chi connectivity index (χ3n) is 3.73. The summed E-state index contributed by atoms with van der Waals surface area (Å²) < 4.78 is 5.08. The molecule has 1 unspecified atom stereocenters. The van der Waals surface area contributed by atoms with Crippen molar-refractivity contribution < 1.29 is 9.32 Å². The van der Waals surface area contributed by atoms with Gasteiger partial charge in [-0.2, -0.15) is 4.98 Å². The number of anilines is 2. The molecule has 2 amide bonds. The van der Waals surface area contributed by atoms with Gasteiger partial charge in [-0.3, -0.25) is 0 Å². The van der Waals surface area contributed by atoms with E-state index in [1.54, 1.807) is 43.4 Å². The zero-order valence-corrected chi connectivity index (χ0v) is 15.9. The molecule has 1 atom stereocenters. The van der Waals surface area contributed by atoms with Crippen LogP contribution in [0, 0.1) is 0 Å². The predicted octanol–water partition coefficient (Wildman–Crippen LogP) is 4.52. The Hall–Kier alpha value is -2.77. The van der Waals surface area contributed by atoms with Crippen LogP contribution in [0.5, 0.6) is 0 Å². The van der Waals surface area contributed by atoms with Gasteiger partial charge >= 0.3 is 12.0 Å². The minimum absolute atomic E-state index is 0.269. The second-order valence-corrected chi connectivity index (χ2v) is 6.57. The monoisotopic (exact) mass is 405 g/mol. The van der Waals surface area contributed by atoms with Crippen molar-refractivity contribution in [1.29, 1.82) is 0 Å². The van der Waals surface area contributed by atoms with Crippen molar-refractivity contribution in [2.75, 3.05) is 17.7 Å². The van der Waals surface area contributed by atoms with E-state index in [1.165, 1.54) is 0 Å². The maximum absolute atomic E-state index is 12.4. The number of halogens is 2. The summed E-state index contributed by atoms with van der Waals surface area (Å²) in [5, 5.41) is 13.6. The lowest BCUT2D eigenvalue weighted by atomic mass is 10.1. The van der Waals surface area contributed by atoms with E-state index in [4.69, 9.17) is 27.7 Å². The van der Waals surface area contributed by atoms with Crippen molar-refractivity contribution >= 4 is 40.9 Å². The third-order valence-corrected chi connectivity index (χ3v) is 4.23. The van der Waals surface area contributed by atoms with Gasteiger partial charge in [-0.05, 0) is 42.0 Å². The van der Waals surface area contributed by atoms with Crippen molar-refractivity contribution in [2.24, 2.45) is 0 Å². The van der Waals surface area contributed by atoms with E-state index in [-0.39, 0.29) is 6.01 Å². The Morgan fingerprint density at radius 3 is 2.30 bits per heavy atom. The summed E-state index contributed by atoms with van der Waals surface area (Å²) in [6.07, 6.45) is 0.466. The SMILES string of the molecule is CNc1nc(C(Cc2ccc(Cl)cc2)NC(=O)Nc2ccc(Cl)cc2)no1. The summed E-state index contributed by atoms with van der Waals surface area (Å²) in [4.78, 5) is 16.7. The van der Waals surface area contributed by atoms with Gasteiger partial charge in [0.05, 0.1) is 6.04 Å². The first-order valence-corrected chi connectivity index (χ1v) is 8.88. The molecule has 0 bridgehead atoms. The molecular formula is C18H17Cl2N5O2. The van der Waals surface area contributed by atoms with Crippen molar-refractivity contribution in [2.45, 2.75) is 12.5 Å². The molecule has 0 fully saturated rings. The van der Waals surface area contributed by atoms with E-state index in [9.17, 15) is 4.79 Å². The zero-order chi connectivity index (χ0) is 19.2. The highest BCUT2D eigenvalue weighted by atomic mass is 35.5. The van der Waals surface area contributed by atoms with Crippen LogP contribution in [0.1, 0.15) is 17.4 Å². The van der Waals surface area contributed by atoms with E-state index in [2.05, 4.69) is 26.1 Å². The number of aromatic nitrogens is 2. The average Bonchev–Trinajstić information content (AvgIpc) is 3.14. The lowest BCUT2D eigenvalue weighted by Gasteiger charge is -2.16. The molecule has 0 saturated carbocycles. The molecular weight excluding hydrogens is 389 g/mol. The zero-order valence-electron chi connectivity index (χ0n) is 14.4. The number of rotatable bonds is 6. The van der Waals surface area contributed by atoms with Crippen molar-refractivity contribution in [3.63, 3.8) is 0 Å². The molecule has 0 saturated heterocycles. The minimum atomic E-state index is -0.496. The van der Waals surface area contributed by atoms with Crippen LogP contribution in [0.15, 0.2) is 53.1 Å². The fraction of sp³-hybridized carbons (Fsp3) is 0.167. The van der Waals surface area contributed by atoms with E-state index in [0.29, 0.717) is 28.0 Å². The molecule has 27 heavy (non-hydrogen) atoms. The standard InChI is InChI=1S/C18H17Cl2N5O2/c1-21-18-24-16(25-27-18)15(10-11-2-4-12(19)5-3-11)23-17(26)22-14-8-6-13(20)7-9-14/h2-9,15H,10H2,1H3,(H,21,24,25)(H2,22,23,26). The number of amides is 2. The summed E-state index contributed by atoms with van der Waals surface area (Å²) in [5.74, 6) is 0.362. The molecule has 0 aliphatic carbocycles. The van der Waals surface area contributed by atoms with Gasteiger partial charge in [-0.1, -0.05) is 40.5 Å². The molecule has 0 spiro atoms. The average molecular weight is 406 g/mol. The lowest BCUT2D eigenvalue weighted by molar-refractivity contribution is 0.247. The summed E-state index contributed by atoms with van der Waals surface area (Å²) in [6, 6.07) is 13.5. The van der Waals surface area contributed by atoms with Gasteiger partial charge in [0.2, 0.25) is 0 Å². The number of nitrogens with one attached hydrogen (secondary N) is 3. The largest absolute Gasteiger partial charge is 0.341 e. The van der Waals surface area contributed by atoms with Crippen LogP contribution in [0.4, 0.5) is 16.5 Å². The summed E-state index contributed by atoms with van der Waals surface area (Å²) >= 11 is 11.8. The Morgan fingerprint density at radius 2 is 1.70 bits per heavy atom. The van der Waals surface area contributed by atoms with E-state index < -0.39 is 12.1 Å². The highest BCUT2D eigenvalue weighted by Crippen LogP contribution is 2.20. The van der Waals surface area contributed by atoms with Gasteiger partial charge < -0.3 is 20.5 Å². The molecule has 3 rings (SSSR count). The highest BCUT2D eigenvalue weighted by molar-refractivity contribution is 6.30. The molecule has 1 heterocycles. The molecule has 3 aromatic rings. The fourth-order valence-electron chi connectivity index (χ4n) is 2.40. The Kier molecular flexibility index (Phi) is 6.16. The van der Waals surface area contributed by atoms with Gasteiger partial charge in [0.25, 0.3) is 0 Å². The van der Waals surface area contributed by atoms with Crippen LogP contribution >= 0.6 is 23.2 Å². The first kappa shape index (κ1) is 19.0.